The van der Waals surface area contributed by atoms with Gasteiger partial charge in [0, 0.05) is 12.6 Å². The van der Waals surface area contributed by atoms with Crippen molar-refractivity contribution in [3.8, 4) is 11.5 Å². The van der Waals surface area contributed by atoms with Crippen molar-refractivity contribution in [3.63, 3.8) is 0 Å². The van der Waals surface area contributed by atoms with Crippen molar-refractivity contribution in [2.75, 3.05) is 33.5 Å². The Morgan fingerprint density at radius 3 is 2.42 bits per heavy atom. The number of hydrogen-bond donors (Lipinski definition) is 4. The molecule has 1 aromatic rings. The van der Waals surface area contributed by atoms with Gasteiger partial charge in [-0.1, -0.05) is 13.3 Å². The van der Waals surface area contributed by atoms with Crippen molar-refractivity contribution in [1.82, 2.24) is 10.6 Å². The largest absolute Gasteiger partial charge is 0.496 e. The molecule has 2 aliphatic carbocycles. The lowest BCUT2D eigenvalue weighted by Gasteiger charge is -2.38. The molecule has 1 saturated heterocycles. The van der Waals surface area contributed by atoms with E-state index in [2.05, 4.69) is 17.6 Å². The number of methoxy groups -OCH3 is 1. The van der Waals surface area contributed by atoms with Gasteiger partial charge in [-0.2, -0.15) is 0 Å². The smallest absolute Gasteiger partial charge is 0.311 e. The fourth-order valence-corrected chi connectivity index (χ4v) is 5.44. The molecule has 2 saturated carbocycles. The van der Waals surface area contributed by atoms with Gasteiger partial charge in [-0.05, 0) is 50.0 Å². The Morgan fingerprint density at radius 2 is 1.84 bits per heavy atom. The molecule has 1 heterocycles. The summed E-state index contributed by atoms with van der Waals surface area (Å²) in [6.07, 6.45) is 3.86. The number of carbonyl (C=O) groups is 3. The van der Waals surface area contributed by atoms with Crippen molar-refractivity contribution in [3.05, 3.63) is 23.5 Å². The number of carboxylic acids is 1. The highest BCUT2D eigenvalue weighted by Crippen LogP contribution is 2.40. The van der Waals surface area contributed by atoms with E-state index >= 15 is 0 Å². The Balaban J connectivity index is 1.41. The van der Waals surface area contributed by atoms with Gasteiger partial charge in [-0.25, -0.2) is 4.39 Å². The average molecular weight is 537 g/mol. The molecule has 4 rings (SSSR count). The van der Waals surface area contributed by atoms with E-state index < -0.39 is 47.8 Å². The highest BCUT2D eigenvalue weighted by Gasteiger charge is 2.42. The zero-order valence-corrected chi connectivity index (χ0v) is 21.9. The fraction of sp³-hybridized carbons (Fsp3) is 0.667. The highest BCUT2D eigenvalue weighted by molar-refractivity contribution is 5.98. The second kappa shape index (κ2) is 11.4. The lowest BCUT2D eigenvalue weighted by atomic mass is 9.70. The molecule has 2 amide bonds. The van der Waals surface area contributed by atoms with Crippen LogP contribution in [0.2, 0.25) is 0 Å². The minimum Gasteiger partial charge on any atom is -0.496 e. The normalized spacial score (nSPS) is 28.2. The molecule has 38 heavy (non-hydrogen) atoms. The molecule has 0 bridgehead atoms. The molecular formula is C27H37FN2O8. The van der Waals surface area contributed by atoms with Crippen molar-refractivity contribution >= 4 is 17.8 Å². The molecule has 4 N–H and O–H groups in total. The van der Waals surface area contributed by atoms with Gasteiger partial charge in [0.2, 0.25) is 5.91 Å². The Labute approximate surface area is 221 Å². The third-order valence-corrected chi connectivity index (χ3v) is 8.42. The predicted molar refractivity (Wildman–Crippen MR) is 134 cm³/mol. The van der Waals surface area contributed by atoms with Crippen molar-refractivity contribution < 1.29 is 43.2 Å². The van der Waals surface area contributed by atoms with Gasteiger partial charge >= 0.3 is 5.97 Å². The number of amides is 2. The van der Waals surface area contributed by atoms with Crippen LogP contribution < -0.4 is 20.1 Å². The number of aliphatic carboxylic acids is 1. The van der Waals surface area contributed by atoms with Crippen LogP contribution in [0.15, 0.2) is 12.1 Å². The Bertz CT molecular complexity index is 1050. The van der Waals surface area contributed by atoms with Crippen LogP contribution >= 0.6 is 0 Å². The summed E-state index contributed by atoms with van der Waals surface area (Å²) in [5, 5.41) is 24.8. The molecule has 3 aliphatic rings. The van der Waals surface area contributed by atoms with Crippen LogP contribution in [0.1, 0.15) is 62.2 Å². The molecule has 3 fully saturated rings. The van der Waals surface area contributed by atoms with E-state index in [1.54, 1.807) is 0 Å². The van der Waals surface area contributed by atoms with Crippen LogP contribution in [0, 0.1) is 22.6 Å². The number of nitrogens with one attached hydrogen (secondary N) is 2. The molecule has 0 radical (unpaired) electrons. The molecule has 0 spiro atoms. The zero-order chi connectivity index (χ0) is 27.5. The van der Waals surface area contributed by atoms with Gasteiger partial charge in [-0.15, -0.1) is 0 Å². The summed E-state index contributed by atoms with van der Waals surface area (Å²) >= 11 is 0. The van der Waals surface area contributed by atoms with E-state index in [1.807, 2.05) is 0 Å². The van der Waals surface area contributed by atoms with Gasteiger partial charge < -0.3 is 35.1 Å². The number of hydrogen-bond acceptors (Lipinski definition) is 7. The monoisotopic (exact) mass is 536 g/mol. The Hall–Kier alpha value is -2.92. The summed E-state index contributed by atoms with van der Waals surface area (Å²) in [6.45, 7) is 2.62. The fourth-order valence-electron chi connectivity index (χ4n) is 5.44. The van der Waals surface area contributed by atoms with Gasteiger partial charge in [0.25, 0.3) is 5.91 Å². The number of aliphatic hydroxyl groups is 1. The number of carboxylic acid groups (broad SMARTS) is 1. The minimum atomic E-state index is -1.22. The van der Waals surface area contributed by atoms with Crippen molar-refractivity contribution in [1.29, 1.82) is 0 Å². The van der Waals surface area contributed by atoms with Crippen LogP contribution in [0.25, 0.3) is 0 Å². The lowest BCUT2D eigenvalue weighted by molar-refractivity contribution is -0.155. The summed E-state index contributed by atoms with van der Waals surface area (Å²) in [5.41, 5.74) is -1.05. The molecule has 10 nitrogen and oxygen atoms in total. The number of benzene rings is 1. The molecule has 0 aromatic heterocycles. The maximum absolute atomic E-state index is 14.8. The standard InChI is InChI=1S/C27H37FN2O8/c1-26(6-3-7-26)14-29-23(32)18-12-37-13-20(18)30-24(33)17-10-22(19(28)11-21(17)36-2)38-16-4-8-27(15-31,9-5-16)25(34)35/h10-11,16,18,20,31H,3-9,12-15H2,1-2H3,(H,29,32)(H,30,33)(H,34,35)/t16-,18-,20+,27+/m0/s1. The number of halogens is 1. The highest BCUT2D eigenvalue weighted by atomic mass is 19.1. The van der Waals surface area contributed by atoms with Crippen LogP contribution in [-0.2, 0) is 14.3 Å². The van der Waals surface area contributed by atoms with E-state index in [0.717, 1.165) is 25.3 Å². The second-order valence-corrected chi connectivity index (χ2v) is 11.1. The van der Waals surface area contributed by atoms with Crippen LogP contribution in [0.3, 0.4) is 0 Å². The quantitative estimate of drug-likeness (QED) is 0.357. The number of rotatable bonds is 10. The van der Waals surface area contributed by atoms with E-state index in [-0.39, 0.29) is 54.4 Å². The molecule has 11 heteroatoms. The second-order valence-electron chi connectivity index (χ2n) is 11.1. The van der Waals surface area contributed by atoms with Gasteiger partial charge in [0.05, 0.1) is 56.0 Å². The molecule has 0 unspecified atom stereocenters. The summed E-state index contributed by atoms with van der Waals surface area (Å²) < 4.78 is 31.4. The first kappa shape index (κ1) is 28.1. The minimum absolute atomic E-state index is 0.0130. The molecule has 1 aliphatic heterocycles. The molecule has 2 atom stereocenters. The number of aliphatic hydroxyl groups excluding tert-OH is 1. The molecule has 210 valence electrons. The van der Waals surface area contributed by atoms with E-state index in [1.165, 1.54) is 13.2 Å². The predicted octanol–water partition coefficient (Wildman–Crippen LogP) is 2.27. The van der Waals surface area contributed by atoms with E-state index in [9.17, 15) is 29.0 Å². The summed E-state index contributed by atoms with van der Waals surface area (Å²) in [5.74, 6) is -3.20. The topological polar surface area (TPSA) is 143 Å². The summed E-state index contributed by atoms with van der Waals surface area (Å²) in [4.78, 5) is 37.6. The van der Waals surface area contributed by atoms with Crippen molar-refractivity contribution in [2.45, 2.75) is 64.0 Å². The zero-order valence-electron chi connectivity index (χ0n) is 21.9. The maximum Gasteiger partial charge on any atom is 0.311 e. The van der Waals surface area contributed by atoms with Crippen LogP contribution in [0.4, 0.5) is 4.39 Å². The first-order valence-corrected chi connectivity index (χ1v) is 13.1. The van der Waals surface area contributed by atoms with E-state index in [4.69, 9.17) is 14.2 Å². The van der Waals surface area contributed by atoms with Gasteiger partial charge in [0.15, 0.2) is 11.6 Å². The number of carbonyl (C=O) groups excluding carboxylic acids is 2. The van der Waals surface area contributed by atoms with E-state index in [0.29, 0.717) is 19.4 Å². The van der Waals surface area contributed by atoms with Crippen molar-refractivity contribution in [2.24, 2.45) is 16.7 Å². The first-order chi connectivity index (χ1) is 18.1. The Morgan fingerprint density at radius 1 is 1.13 bits per heavy atom. The van der Waals surface area contributed by atoms with Crippen LogP contribution in [-0.4, -0.2) is 73.6 Å². The Kier molecular flexibility index (Phi) is 8.46. The van der Waals surface area contributed by atoms with Gasteiger partial charge in [-0.3, -0.25) is 14.4 Å². The third-order valence-electron chi connectivity index (χ3n) is 8.42. The third kappa shape index (κ3) is 5.88. The lowest BCUT2D eigenvalue weighted by Crippen LogP contribution is -2.48. The summed E-state index contributed by atoms with van der Waals surface area (Å²) in [6, 6.07) is 1.77. The average Bonchev–Trinajstić information content (AvgIpc) is 3.35. The maximum atomic E-state index is 14.8. The van der Waals surface area contributed by atoms with Gasteiger partial charge in [0.1, 0.15) is 5.75 Å². The number of ether oxygens (including phenoxy) is 3. The van der Waals surface area contributed by atoms with Crippen LogP contribution in [0.5, 0.6) is 11.5 Å². The SMILES string of the molecule is COc1cc(F)c(O[C@H]2CC[C@@](CO)(C(=O)O)CC2)cc1C(=O)N[C@@H]1COC[C@@H]1C(=O)NCC1(C)CCC1. The summed E-state index contributed by atoms with van der Waals surface area (Å²) in [7, 11) is 1.32. The first-order valence-electron chi connectivity index (χ1n) is 13.1. The molecular weight excluding hydrogens is 499 g/mol. The molecule has 1 aromatic carbocycles.